The Morgan fingerprint density at radius 1 is 1.29 bits per heavy atom. The Labute approximate surface area is 206 Å². The topological polar surface area (TPSA) is 110 Å². The minimum Gasteiger partial charge on any atom is -0.472 e. The zero-order valence-corrected chi connectivity index (χ0v) is 20.9. The molecular weight excluding hydrogens is 446 g/mol. The van der Waals surface area contributed by atoms with E-state index in [0.717, 1.165) is 5.56 Å². The van der Waals surface area contributed by atoms with E-state index in [1.54, 1.807) is 60.3 Å². The van der Waals surface area contributed by atoms with Crippen LogP contribution in [0.15, 0.2) is 36.5 Å². The van der Waals surface area contributed by atoms with Gasteiger partial charge in [0, 0.05) is 31.3 Å². The van der Waals surface area contributed by atoms with Gasteiger partial charge >= 0.3 is 0 Å². The van der Waals surface area contributed by atoms with Crippen molar-refractivity contribution in [3.05, 3.63) is 47.7 Å². The fraction of sp³-hybridized carbons (Fsp3) is 0.462. The van der Waals surface area contributed by atoms with Gasteiger partial charge in [0.25, 0.3) is 5.91 Å². The van der Waals surface area contributed by atoms with E-state index in [4.69, 9.17) is 10.00 Å². The molecule has 9 nitrogen and oxygen atoms in total. The van der Waals surface area contributed by atoms with Crippen molar-refractivity contribution in [1.29, 1.82) is 5.26 Å². The molecule has 1 aromatic carbocycles. The number of aromatic nitrogens is 1. The molecule has 0 saturated heterocycles. The summed E-state index contributed by atoms with van der Waals surface area (Å²) in [4.78, 5) is 35.7. The van der Waals surface area contributed by atoms with E-state index in [2.05, 4.69) is 11.1 Å². The first-order chi connectivity index (χ1) is 16.6. The standard InChI is InChI=1S/C26H33N5O4/c1-17-13-31(18(2)16-32)26(34)22-10-21(20-8-6-19(11-27)7-9-20)12-28-25(22)35-23(17)14-30(5)24(33)15-29(3)4/h6-10,12,17-18,23,32H,13-16H2,1-5H3/t17-,18+,23-/m0/s1. The summed E-state index contributed by atoms with van der Waals surface area (Å²) in [6, 6.07) is 10.5. The summed E-state index contributed by atoms with van der Waals surface area (Å²) in [7, 11) is 5.42. The van der Waals surface area contributed by atoms with E-state index in [1.165, 1.54) is 0 Å². The lowest BCUT2D eigenvalue weighted by Crippen LogP contribution is -2.51. The van der Waals surface area contributed by atoms with E-state index in [9.17, 15) is 14.7 Å². The number of nitrogens with zero attached hydrogens (tertiary/aromatic N) is 5. The van der Waals surface area contributed by atoms with Crippen molar-refractivity contribution in [1.82, 2.24) is 19.7 Å². The van der Waals surface area contributed by atoms with Crippen molar-refractivity contribution in [2.75, 3.05) is 47.4 Å². The van der Waals surface area contributed by atoms with Crippen molar-refractivity contribution in [3.8, 4) is 23.1 Å². The minimum atomic E-state index is -0.403. The maximum atomic E-state index is 13.6. The van der Waals surface area contributed by atoms with Gasteiger partial charge in [-0.3, -0.25) is 9.59 Å². The molecule has 186 valence electrons. The fourth-order valence-corrected chi connectivity index (χ4v) is 3.98. The average molecular weight is 480 g/mol. The molecule has 3 atom stereocenters. The summed E-state index contributed by atoms with van der Waals surface area (Å²) in [5, 5.41) is 18.9. The molecule has 0 aliphatic carbocycles. The Hall–Kier alpha value is -3.48. The molecule has 2 aromatic rings. The van der Waals surface area contributed by atoms with Gasteiger partial charge in [-0.15, -0.1) is 0 Å². The summed E-state index contributed by atoms with van der Waals surface area (Å²) >= 11 is 0. The van der Waals surface area contributed by atoms with Gasteiger partial charge in [-0.25, -0.2) is 4.98 Å². The number of carbonyl (C=O) groups is 2. The van der Waals surface area contributed by atoms with Gasteiger partial charge < -0.3 is 24.5 Å². The Morgan fingerprint density at radius 3 is 2.57 bits per heavy atom. The maximum absolute atomic E-state index is 13.6. The predicted octanol–water partition coefficient (Wildman–Crippen LogP) is 1.86. The largest absolute Gasteiger partial charge is 0.472 e. The number of hydrogen-bond acceptors (Lipinski definition) is 7. The Bertz CT molecular complexity index is 1100. The van der Waals surface area contributed by atoms with E-state index < -0.39 is 12.1 Å². The van der Waals surface area contributed by atoms with Crippen LogP contribution in [0.2, 0.25) is 0 Å². The van der Waals surface area contributed by atoms with Crippen LogP contribution in [0.1, 0.15) is 29.8 Å². The Morgan fingerprint density at radius 2 is 1.97 bits per heavy atom. The van der Waals surface area contributed by atoms with Crippen LogP contribution >= 0.6 is 0 Å². The van der Waals surface area contributed by atoms with Crippen LogP contribution in [0.5, 0.6) is 5.88 Å². The van der Waals surface area contributed by atoms with Crippen LogP contribution in [0.3, 0.4) is 0 Å². The molecular formula is C26H33N5O4. The summed E-state index contributed by atoms with van der Waals surface area (Å²) < 4.78 is 6.26. The normalized spacial score (nSPS) is 18.7. The van der Waals surface area contributed by atoms with Gasteiger partial charge in [0.2, 0.25) is 11.8 Å². The lowest BCUT2D eigenvalue weighted by Gasteiger charge is -2.37. The van der Waals surface area contributed by atoms with Crippen LogP contribution < -0.4 is 4.74 Å². The highest BCUT2D eigenvalue weighted by Gasteiger charge is 2.34. The molecule has 0 fully saturated rings. The van der Waals surface area contributed by atoms with Crippen LogP contribution in [0, 0.1) is 17.2 Å². The molecule has 9 heteroatoms. The number of aliphatic hydroxyl groups excluding tert-OH is 1. The van der Waals surface area contributed by atoms with Gasteiger partial charge in [0.05, 0.1) is 37.4 Å². The lowest BCUT2D eigenvalue weighted by molar-refractivity contribution is -0.132. The second kappa shape index (κ2) is 11.3. The molecule has 3 rings (SSSR count). The number of pyridine rings is 1. The highest BCUT2D eigenvalue weighted by Crippen LogP contribution is 2.30. The zero-order valence-electron chi connectivity index (χ0n) is 20.9. The lowest BCUT2D eigenvalue weighted by atomic mass is 9.99. The summed E-state index contributed by atoms with van der Waals surface area (Å²) in [5.41, 5.74) is 2.37. The molecule has 1 aliphatic heterocycles. The zero-order chi connectivity index (χ0) is 25.7. The first-order valence-corrected chi connectivity index (χ1v) is 11.6. The molecule has 1 aliphatic rings. The molecule has 1 aromatic heterocycles. The third-order valence-corrected chi connectivity index (χ3v) is 6.20. The fourth-order valence-electron chi connectivity index (χ4n) is 3.98. The van der Waals surface area contributed by atoms with Crippen LogP contribution in [0.25, 0.3) is 11.1 Å². The molecule has 35 heavy (non-hydrogen) atoms. The number of likely N-dealkylation sites (N-methyl/N-ethyl adjacent to an activating group) is 2. The number of ether oxygens (including phenoxy) is 1. The smallest absolute Gasteiger partial charge is 0.259 e. The summed E-state index contributed by atoms with van der Waals surface area (Å²) in [5.74, 6) is -0.219. The molecule has 0 spiro atoms. The number of nitriles is 1. The third kappa shape index (κ3) is 6.15. The van der Waals surface area contributed by atoms with Crippen molar-refractivity contribution < 1.29 is 19.4 Å². The van der Waals surface area contributed by atoms with Gasteiger partial charge in [0.1, 0.15) is 11.7 Å². The maximum Gasteiger partial charge on any atom is 0.259 e. The highest BCUT2D eigenvalue weighted by atomic mass is 16.5. The Kier molecular flexibility index (Phi) is 8.43. The van der Waals surface area contributed by atoms with E-state index in [0.29, 0.717) is 29.8 Å². The average Bonchev–Trinajstić information content (AvgIpc) is 2.85. The van der Waals surface area contributed by atoms with Gasteiger partial charge in [0.15, 0.2) is 0 Å². The van der Waals surface area contributed by atoms with Gasteiger partial charge in [-0.1, -0.05) is 19.1 Å². The number of aliphatic hydroxyl groups is 1. The number of fused-ring (bicyclic) bond motifs is 1. The second-order valence-electron chi connectivity index (χ2n) is 9.40. The quantitative estimate of drug-likeness (QED) is 0.645. The number of rotatable bonds is 7. The molecule has 0 saturated carbocycles. The Balaban J connectivity index is 1.99. The number of amides is 2. The summed E-state index contributed by atoms with van der Waals surface area (Å²) in [6.07, 6.45) is 1.23. The SMILES string of the molecule is C[C@H](CO)N1C[C@H](C)[C@H](CN(C)C(=O)CN(C)C)Oc2ncc(-c3ccc(C#N)cc3)cc2C1=O. The van der Waals surface area contributed by atoms with Crippen molar-refractivity contribution in [2.24, 2.45) is 5.92 Å². The van der Waals surface area contributed by atoms with Crippen LogP contribution in [-0.2, 0) is 4.79 Å². The molecule has 2 heterocycles. The molecule has 2 amide bonds. The minimum absolute atomic E-state index is 0.0335. The van der Waals surface area contributed by atoms with Crippen LogP contribution in [-0.4, -0.2) is 96.1 Å². The molecule has 0 unspecified atom stereocenters. The molecule has 0 radical (unpaired) electrons. The van der Waals surface area contributed by atoms with Crippen LogP contribution in [0.4, 0.5) is 0 Å². The molecule has 0 bridgehead atoms. The summed E-state index contributed by atoms with van der Waals surface area (Å²) in [6.45, 7) is 4.57. The second-order valence-corrected chi connectivity index (χ2v) is 9.40. The van der Waals surface area contributed by atoms with Crippen molar-refractivity contribution >= 4 is 11.8 Å². The predicted molar refractivity (Wildman–Crippen MR) is 132 cm³/mol. The monoisotopic (exact) mass is 479 g/mol. The van der Waals surface area contributed by atoms with E-state index in [1.807, 2.05) is 25.9 Å². The number of benzene rings is 1. The molecule has 1 N–H and O–H groups in total. The van der Waals surface area contributed by atoms with Gasteiger partial charge in [-0.2, -0.15) is 5.26 Å². The number of carbonyl (C=O) groups excluding carboxylic acids is 2. The number of hydrogen-bond donors (Lipinski definition) is 1. The third-order valence-electron chi connectivity index (χ3n) is 6.20. The van der Waals surface area contributed by atoms with E-state index >= 15 is 0 Å². The van der Waals surface area contributed by atoms with Crippen molar-refractivity contribution in [2.45, 2.75) is 26.0 Å². The first kappa shape index (κ1) is 26.1. The first-order valence-electron chi connectivity index (χ1n) is 11.6. The highest BCUT2D eigenvalue weighted by molar-refractivity contribution is 5.98. The van der Waals surface area contributed by atoms with E-state index in [-0.39, 0.29) is 36.8 Å². The van der Waals surface area contributed by atoms with Crippen molar-refractivity contribution in [3.63, 3.8) is 0 Å². The van der Waals surface area contributed by atoms with Gasteiger partial charge in [-0.05, 0) is 44.8 Å².